The Kier molecular flexibility index (Phi) is 4.37. The van der Waals surface area contributed by atoms with E-state index in [1.807, 2.05) is 26.0 Å². The second-order valence-corrected chi connectivity index (χ2v) is 4.37. The van der Waals surface area contributed by atoms with Crippen molar-refractivity contribution in [1.29, 1.82) is 0 Å². The Morgan fingerprint density at radius 1 is 1.29 bits per heavy atom. The number of hydrogen-bond acceptors (Lipinski definition) is 3. The fraction of sp³-hybridized carbons (Fsp3) is 0.462. The van der Waals surface area contributed by atoms with Gasteiger partial charge in [0.2, 0.25) is 5.91 Å². The number of nitrogens with zero attached hydrogens (tertiary/aromatic N) is 1. The normalized spacial score (nSPS) is 10.1. The van der Waals surface area contributed by atoms with Crippen LogP contribution in [0.2, 0.25) is 0 Å². The van der Waals surface area contributed by atoms with Crippen LogP contribution in [0, 0.1) is 13.8 Å². The van der Waals surface area contributed by atoms with Crippen molar-refractivity contribution in [2.45, 2.75) is 20.3 Å². The topological polar surface area (TPSA) is 55.6 Å². The van der Waals surface area contributed by atoms with E-state index in [4.69, 9.17) is 10.5 Å². The molecule has 1 aromatic rings. The average molecular weight is 236 g/mol. The lowest BCUT2D eigenvalue weighted by atomic mass is 10.1. The van der Waals surface area contributed by atoms with E-state index in [0.717, 1.165) is 22.6 Å². The van der Waals surface area contributed by atoms with Crippen LogP contribution in [-0.2, 0) is 4.79 Å². The van der Waals surface area contributed by atoms with E-state index in [1.54, 1.807) is 19.0 Å². The summed E-state index contributed by atoms with van der Waals surface area (Å²) in [5.41, 5.74) is 8.46. The number of amides is 1. The first-order chi connectivity index (χ1) is 7.91. The molecule has 0 radical (unpaired) electrons. The van der Waals surface area contributed by atoms with E-state index in [2.05, 4.69) is 0 Å². The predicted octanol–water partition coefficient (Wildman–Crippen LogP) is 1.74. The van der Waals surface area contributed by atoms with Crippen LogP contribution in [0.1, 0.15) is 17.5 Å². The molecule has 0 bridgehead atoms. The number of aryl methyl sites for hydroxylation is 2. The smallest absolute Gasteiger partial charge is 0.225 e. The van der Waals surface area contributed by atoms with Crippen LogP contribution >= 0.6 is 0 Å². The van der Waals surface area contributed by atoms with Crippen molar-refractivity contribution in [3.8, 4) is 5.75 Å². The molecule has 0 unspecified atom stereocenters. The number of carbonyl (C=O) groups is 1. The fourth-order valence-electron chi connectivity index (χ4n) is 1.68. The molecule has 1 amide bonds. The predicted molar refractivity (Wildman–Crippen MR) is 69.1 cm³/mol. The van der Waals surface area contributed by atoms with Gasteiger partial charge in [-0.1, -0.05) is 0 Å². The number of hydrogen-bond donors (Lipinski definition) is 1. The van der Waals surface area contributed by atoms with Gasteiger partial charge in [0.15, 0.2) is 0 Å². The summed E-state index contributed by atoms with van der Waals surface area (Å²) in [5, 5.41) is 0. The molecular weight excluding hydrogens is 216 g/mol. The molecule has 0 spiro atoms. The second kappa shape index (κ2) is 5.57. The van der Waals surface area contributed by atoms with Crippen LogP contribution in [0.4, 0.5) is 5.69 Å². The highest BCUT2D eigenvalue weighted by atomic mass is 16.5. The molecule has 1 rings (SSSR count). The number of nitrogens with two attached hydrogens (primary N) is 1. The van der Waals surface area contributed by atoms with Crippen molar-refractivity contribution in [3.05, 3.63) is 23.3 Å². The summed E-state index contributed by atoms with van der Waals surface area (Å²) >= 11 is 0. The maximum Gasteiger partial charge on any atom is 0.225 e. The molecule has 0 aliphatic heterocycles. The largest absolute Gasteiger partial charge is 0.493 e. The summed E-state index contributed by atoms with van der Waals surface area (Å²) in [4.78, 5) is 12.9. The van der Waals surface area contributed by atoms with Crippen molar-refractivity contribution in [2.75, 3.05) is 26.4 Å². The van der Waals surface area contributed by atoms with Crippen molar-refractivity contribution >= 4 is 11.6 Å². The minimum absolute atomic E-state index is 0.0655. The number of nitrogen functional groups attached to an aromatic ring is 1. The van der Waals surface area contributed by atoms with Crippen LogP contribution in [0.15, 0.2) is 12.1 Å². The lowest BCUT2D eigenvalue weighted by Crippen LogP contribution is -2.23. The van der Waals surface area contributed by atoms with E-state index in [-0.39, 0.29) is 5.91 Å². The van der Waals surface area contributed by atoms with E-state index in [1.165, 1.54) is 0 Å². The van der Waals surface area contributed by atoms with Crippen molar-refractivity contribution in [3.63, 3.8) is 0 Å². The summed E-state index contributed by atoms with van der Waals surface area (Å²) in [6.45, 7) is 4.29. The summed E-state index contributed by atoms with van der Waals surface area (Å²) in [6, 6.07) is 3.74. The Bertz CT molecular complexity index is 391. The molecule has 0 saturated carbocycles. The Balaban J connectivity index is 2.61. The van der Waals surface area contributed by atoms with E-state index < -0.39 is 0 Å². The second-order valence-electron chi connectivity index (χ2n) is 4.37. The molecule has 0 fully saturated rings. The molecule has 94 valence electrons. The molecule has 4 nitrogen and oxygen atoms in total. The van der Waals surface area contributed by atoms with Crippen LogP contribution < -0.4 is 10.5 Å². The molecule has 1 aromatic carbocycles. The van der Waals surface area contributed by atoms with Gasteiger partial charge in [-0.25, -0.2) is 0 Å². The Morgan fingerprint density at radius 2 is 1.82 bits per heavy atom. The van der Waals surface area contributed by atoms with Crippen LogP contribution in [-0.4, -0.2) is 31.5 Å². The highest BCUT2D eigenvalue weighted by molar-refractivity contribution is 5.75. The van der Waals surface area contributed by atoms with Gasteiger partial charge in [-0.2, -0.15) is 0 Å². The first kappa shape index (κ1) is 13.4. The fourth-order valence-corrected chi connectivity index (χ4v) is 1.68. The van der Waals surface area contributed by atoms with Crippen molar-refractivity contribution in [1.82, 2.24) is 4.90 Å². The van der Waals surface area contributed by atoms with E-state index in [9.17, 15) is 4.79 Å². The number of anilines is 1. The van der Waals surface area contributed by atoms with Gasteiger partial charge in [0, 0.05) is 19.8 Å². The lowest BCUT2D eigenvalue weighted by molar-refractivity contribution is -0.129. The highest BCUT2D eigenvalue weighted by Crippen LogP contribution is 2.25. The lowest BCUT2D eigenvalue weighted by Gasteiger charge is -2.14. The van der Waals surface area contributed by atoms with Gasteiger partial charge < -0.3 is 15.4 Å². The number of ether oxygens (including phenoxy) is 1. The third kappa shape index (κ3) is 3.66. The summed E-state index contributed by atoms with van der Waals surface area (Å²) in [6.07, 6.45) is 0.385. The van der Waals surface area contributed by atoms with Gasteiger partial charge >= 0.3 is 0 Å². The summed E-state index contributed by atoms with van der Waals surface area (Å²) in [5.74, 6) is 0.890. The third-order valence-electron chi connectivity index (χ3n) is 2.54. The monoisotopic (exact) mass is 236 g/mol. The van der Waals surface area contributed by atoms with Gasteiger partial charge in [0.1, 0.15) is 5.75 Å². The minimum atomic E-state index is 0.0655. The zero-order chi connectivity index (χ0) is 13.0. The Hall–Kier alpha value is -1.71. The molecular formula is C13H20N2O2. The third-order valence-corrected chi connectivity index (χ3v) is 2.54. The van der Waals surface area contributed by atoms with Gasteiger partial charge in [-0.05, 0) is 37.1 Å². The zero-order valence-corrected chi connectivity index (χ0v) is 10.9. The average Bonchev–Trinajstić information content (AvgIpc) is 2.21. The molecule has 2 N–H and O–H groups in total. The van der Waals surface area contributed by atoms with E-state index >= 15 is 0 Å². The maximum absolute atomic E-state index is 11.4. The first-order valence-corrected chi connectivity index (χ1v) is 5.61. The molecule has 17 heavy (non-hydrogen) atoms. The molecule has 0 heterocycles. The Morgan fingerprint density at radius 3 is 2.29 bits per heavy atom. The quantitative estimate of drug-likeness (QED) is 0.810. The highest BCUT2D eigenvalue weighted by Gasteiger charge is 2.08. The first-order valence-electron chi connectivity index (χ1n) is 5.61. The minimum Gasteiger partial charge on any atom is -0.493 e. The van der Waals surface area contributed by atoms with Crippen LogP contribution in [0.5, 0.6) is 5.75 Å². The van der Waals surface area contributed by atoms with Crippen LogP contribution in [0.25, 0.3) is 0 Å². The number of rotatable bonds is 4. The van der Waals surface area contributed by atoms with Gasteiger partial charge in [-0.15, -0.1) is 0 Å². The molecule has 0 saturated heterocycles. The standard InChI is InChI=1S/C13H20N2O2/c1-9-7-11(14)8-10(2)13(9)17-6-5-12(16)15(3)4/h7-8H,5-6,14H2,1-4H3. The van der Waals surface area contributed by atoms with Crippen LogP contribution in [0.3, 0.4) is 0 Å². The molecule has 4 heteroatoms. The SMILES string of the molecule is Cc1cc(N)cc(C)c1OCCC(=O)N(C)C. The van der Waals surface area contributed by atoms with Gasteiger partial charge in [-0.3, -0.25) is 4.79 Å². The summed E-state index contributed by atoms with van der Waals surface area (Å²) in [7, 11) is 3.48. The van der Waals surface area contributed by atoms with Gasteiger partial charge in [0.25, 0.3) is 0 Å². The molecule has 0 aromatic heterocycles. The molecule has 0 atom stereocenters. The maximum atomic E-state index is 11.4. The van der Waals surface area contributed by atoms with E-state index in [0.29, 0.717) is 13.0 Å². The van der Waals surface area contributed by atoms with Crippen molar-refractivity contribution in [2.24, 2.45) is 0 Å². The summed E-state index contributed by atoms with van der Waals surface area (Å²) < 4.78 is 5.64. The number of carbonyl (C=O) groups excluding carboxylic acids is 1. The Labute approximate surface area is 102 Å². The molecule has 0 aliphatic rings. The van der Waals surface area contributed by atoms with Crippen molar-refractivity contribution < 1.29 is 9.53 Å². The van der Waals surface area contributed by atoms with Gasteiger partial charge in [0.05, 0.1) is 13.0 Å². The zero-order valence-electron chi connectivity index (χ0n) is 10.9. The number of benzene rings is 1. The molecule has 0 aliphatic carbocycles.